The molecule has 1 saturated heterocycles. The maximum absolute atomic E-state index is 12.5. The van der Waals surface area contributed by atoms with Crippen LogP contribution in [0.1, 0.15) is 33.6 Å². The molecule has 0 N–H and O–H groups in total. The Morgan fingerprint density at radius 3 is 2.35 bits per heavy atom. The molecule has 1 aliphatic rings. The number of ether oxygens (including phenoxy) is 1. The molecule has 1 atom stereocenters. The monoisotopic (exact) mass is 253 g/mol. The van der Waals surface area contributed by atoms with E-state index in [9.17, 15) is 18.0 Å². The zero-order chi connectivity index (χ0) is 13.3. The number of piperidine rings is 1. The number of esters is 1. The van der Waals surface area contributed by atoms with Gasteiger partial charge in [-0.2, -0.15) is 13.2 Å². The molecule has 0 unspecified atom stereocenters. The number of hydrogen-bond acceptors (Lipinski definition) is 3. The number of carbonyl (C=O) groups is 1. The molecule has 100 valence electrons. The van der Waals surface area contributed by atoms with E-state index in [1.807, 2.05) is 0 Å². The zero-order valence-corrected chi connectivity index (χ0v) is 10.3. The first kappa shape index (κ1) is 14.3. The summed E-state index contributed by atoms with van der Waals surface area (Å²) >= 11 is 0. The van der Waals surface area contributed by atoms with Crippen LogP contribution in [0.3, 0.4) is 0 Å². The van der Waals surface area contributed by atoms with E-state index in [0.717, 1.165) is 0 Å². The van der Waals surface area contributed by atoms with Gasteiger partial charge in [-0.3, -0.25) is 4.79 Å². The van der Waals surface area contributed by atoms with Gasteiger partial charge in [0.25, 0.3) is 0 Å². The van der Waals surface area contributed by atoms with Crippen LogP contribution in [-0.2, 0) is 9.53 Å². The normalized spacial score (nSPS) is 23.5. The number of likely N-dealkylation sites (tertiary alicyclic amines) is 1. The molecule has 0 spiro atoms. The van der Waals surface area contributed by atoms with Gasteiger partial charge in [-0.25, -0.2) is 4.90 Å². The highest BCUT2D eigenvalue weighted by atomic mass is 19.4. The molecule has 0 aromatic rings. The number of hydrogen-bond donors (Lipinski definition) is 0. The summed E-state index contributed by atoms with van der Waals surface area (Å²) in [6.45, 7) is 4.78. The second-order valence-electron chi connectivity index (χ2n) is 5.29. The van der Waals surface area contributed by atoms with Crippen LogP contribution < -0.4 is 0 Å². The molecule has 17 heavy (non-hydrogen) atoms. The maximum atomic E-state index is 12.5. The third-order valence-corrected chi connectivity index (χ3v) is 2.52. The van der Waals surface area contributed by atoms with Crippen molar-refractivity contribution >= 4 is 5.97 Å². The van der Waals surface area contributed by atoms with Gasteiger partial charge in [0.2, 0.25) is 0 Å². The Hall–Kier alpha value is -0.780. The molecule has 3 nitrogen and oxygen atoms in total. The third-order valence-electron chi connectivity index (χ3n) is 2.52. The predicted molar refractivity (Wildman–Crippen MR) is 56.2 cm³/mol. The van der Waals surface area contributed by atoms with Crippen LogP contribution in [-0.4, -0.2) is 35.9 Å². The van der Waals surface area contributed by atoms with Gasteiger partial charge in [-0.1, -0.05) is 0 Å². The van der Waals surface area contributed by atoms with Crippen LogP contribution in [0.2, 0.25) is 0 Å². The van der Waals surface area contributed by atoms with Crippen molar-refractivity contribution in [2.24, 2.45) is 5.92 Å². The predicted octanol–water partition coefficient (Wildman–Crippen LogP) is 2.56. The molecule has 1 aliphatic heterocycles. The van der Waals surface area contributed by atoms with Crippen LogP contribution in [0.25, 0.3) is 0 Å². The Balaban J connectivity index is 2.58. The highest BCUT2D eigenvalue weighted by molar-refractivity contribution is 5.73. The second kappa shape index (κ2) is 4.84. The maximum Gasteiger partial charge on any atom is 0.459 e. The highest BCUT2D eigenvalue weighted by Crippen LogP contribution is 2.29. The summed E-state index contributed by atoms with van der Waals surface area (Å²) < 4.78 is 42.6. The molecule has 1 rings (SSSR count). The van der Waals surface area contributed by atoms with Gasteiger partial charge in [-0.15, -0.1) is 0 Å². The topological polar surface area (TPSA) is 29.5 Å². The molecule has 1 fully saturated rings. The molecule has 6 heteroatoms. The summed E-state index contributed by atoms with van der Waals surface area (Å²) in [4.78, 5) is 12.1. The molecule has 0 aromatic heterocycles. The molecule has 1 heterocycles. The van der Waals surface area contributed by atoms with E-state index in [1.54, 1.807) is 20.8 Å². The summed E-state index contributed by atoms with van der Waals surface area (Å²) in [7, 11) is 0. The Morgan fingerprint density at radius 1 is 1.29 bits per heavy atom. The van der Waals surface area contributed by atoms with Gasteiger partial charge < -0.3 is 4.74 Å². The lowest BCUT2D eigenvalue weighted by Crippen LogP contribution is -2.47. The molecular formula is C11H18F3NO2. The summed E-state index contributed by atoms with van der Waals surface area (Å²) in [5.74, 6) is -1.21. The Labute approximate surface area is 98.9 Å². The van der Waals surface area contributed by atoms with E-state index in [1.165, 1.54) is 0 Å². The van der Waals surface area contributed by atoms with Crippen molar-refractivity contribution in [3.63, 3.8) is 0 Å². The standard InChI is InChI=1S/C11H18F3NO2/c1-10(2,3)17-9(16)8-5-4-6-15(7-8)11(12,13)14/h8H,4-7H2,1-3H3/t8-/m1/s1. The van der Waals surface area contributed by atoms with Crippen LogP contribution in [0.4, 0.5) is 13.2 Å². The van der Waals surface area contributed by atoms with E-state index < -0.39 is 23.8 Å². The second-order valence-corrected chi connectivity index (χ2v) is 5.29. The van der Waals surface area contributed by atoms with Gasteiger partial charge in [-0.05, 0) is 33.6 Å². The smallest absolute Gasteiger partial charge is 0.459 e. The summed E-state index contributed by atoms with van der Waals surface area (Å²) in [5.41, 5.74) is -0.655. The average molecular weight is 253 g/mol. The minimum Gasteiger partial charge on any atom is -0.460 e. The van der Waals surface area contributed by atoms with Crippen LogP contribution >= 0.6 is 0 Å². The van der Waals surface area contributed by atoms with E-state index in [-0.39, 0.29) is 13.1 Å². The van der Waals surface area contributed by atoms with Crippen molar-refractivity contribution in [3.05, 3.63) is 0 Å². The molecule has 0 saturated carbocycles. The van der Waals surface area contributed by atoms with Crippen molar-refractivity contribution in [2.75, 3.05) is 13.1 Å². The molecule has 0 radical (unpaired) electrons. The SMILES string of the molecule is CC(C)(C)OC(=O)[C@@H]1CCCN(C(F)(F)F)C1. The van der Waals surface area contributed by atoms with E-state index >= 15 is 0 Å². The Morgan fingerprint density at radius 2 is 1.88 bits per heavy atom. The van der Waals surface area contributed by atoms with E-state index in [4.69, 9.17) is 4.74 Å². The van der Waals surface area contributed by atoms with Crippen molar-refractivity contribution in [2.45, 2.75) is 45.5 Å². The minimum absolute atomic E-state index is 0.0389. The fourth-order valence-electron chi connectivity index (χ4n) is 1.78. The lowest BCUT2D eigenvalue weighted by molar-refractivity contribution is -0.254. The van der Waals surface area contributed by atoms with Gasteiger partial charge >= 0.3 is 12.3 Å². The number of halogens is 3. The minimum atomic E-state index is -4.36. The van der Waals surface area contributed by atoms with Gasteiger partial charge in [0, 0.05) is 13.1 Å². The van der Waals surface area contributed by atoms with Crippen LogP contribution in [0, 0.1) is 5.92 Å². The molecule has 0 bridgehead atoms. The number of rotatable bonds is 1. The van der Waals surface area contributed by atoms with Gasteiger partial charge in [0.1, 0.15) is 5.60 Å². The summed E-state index contributed by atoms with van der Waals surface area (Å²) in [5, 5.41) is 0. The van der Waals surface area contributed by atoms with Crippen molar-refractivity contribution < 1.29 is 22.7 Å². The first-order valence-corrected chi connectivity index (χ1v) is 5.64. The number of nitrogens with zero attached hydrogens (tertiary/aromatic N) is 1. The van der Waals surface area contributed by atoms with Crippen LogP contribution in [0.5, 0.6) is 0 Å². The Bertz CT molecular complexity index is 283. The van der Waals surface area contributed by atoms with Crippen LogP contribution in [0.15, 0.2) is 0 Å². The zero-order valence-electron chi connectivity index (χ0n) is 10.3. The summed E-state index contributed by atoms with van der Waals surface area (Å²) in [6.07, 6.45) is -3.54. The largest absolute Gasteiger partial charge is 0.460 e. The fraction of sp³-hybridized carbons (Fsp3) is 0.909. The molecule has 0 amide bonds. The quantitative estimate of drug-likeness (QED) is 0.531. The van der Waals surface area contributed by atoms with Gasteiger partial charge in [0.15, 0.2) is 0 Å². The first-order chi connectivity index (χ1) is 7.59. The third kappa shape index (κ3) is 4.53. The molecule has 0 aromatic carbocycles. The molecule has 0 aliphatic carbocycles. The van der Waals surface area contributed by atoms with Crippen molar-refractivity contribution in [3.8, 4) is 0 Å². The van der Waals surface area contributed by atoms with E-state index in [2.05, 4.69) is 0 Å². The lowest BCUT2D eigenvalue weighted by Gasteiger charge is -2.33. The average Bonchev–Trinajstić information content (AvgIpc) is 2.14. The van der Waals surface area contributed by atoms with Gasteiger partial charge in [0.05, 0.1) is 5.92 Å². The lowest BCUT2D eigenvalue weighted by atomic mass is 9.98. The number of carbonyl (C=O) groups excluding carboxylic acids is 1. The fourth-order valence-corrected chi connectivity index (χ4v) is 1.78. The van der Waals surface area contributed by atoms with E-state index in [0.29, 0.717) is 17.7 Å². The van der Waals surface area contributed by atoms with Crippen molar-refractivity contribution in [1.29, 1.82) is 0 Å². The van der Waals surface area contributed by atoms with Crippen molar-refractivity contribution in [1.82, 2.24) is 4.90 Å². The highest BCUT2D eigenvalue weighted by Gasteiger charge is 2.42. The first-order valence-electron chi connectivity index (χ1n) is 5.64. The molecular weight excluding hydrogens is 235 g/mol. The summed E-state index contributed by atoms with van der Waals surface area (Å²) in [6, 6.07) is 0. The number of alkyl halides is 3. The Kier molecular flexibility index (Phi) is 4.06.